The smallest absolute Gasteiger partial charge is 0.336 e. The Hall–Kier alpha value is -4.17. The second kappa shape index (κ2) is 10.2. The molecule has 0 spiro atoms. The summed E-state index contributed by atoms with van der Waals surface area (Å²) in [5, 5.41) is 15.9. The van der Waals surface area contributed by atoms with Crippen molar-refractivity contribution < 1.29 is 23.9 Å². The highest BCUT2D eigenvalue weighted by Crippen LogP contribution is 2.26. The number of anilines is 2. The van der Waals surface area contributed by atoms with Crippen LogP contribution in [0.4, 0.5) is 15.8 Å². The van der Waals surface area contributed by atoms with E-state index in [0.717, 1.165) is 4.90 Å². The van der Waals surface area contributed by atoms with Crippen LogP contribution in [-0.2, 0) is 4.79 Å². The molecule has 4 rings (SSSR count). The average molecular weight is 475 g/mol. The largest absolute Gasteiger partial charge is 0.478 e. The maximum Gasteiger partial charge on any atom is 0.336 e. The van der Waals surface area contributed by atoms with Gasteiger partial charge in [0, 0.05) is 21.5 Å². The third-order valence-electron chi connectivity index (χ3n) is 4.99. The summed E-state index contributed by atoms with van der Waals surface area (Å²) < 4.78 is 13.7. The van der Waals surface area contributed by atoms with E-state index in [4.69, 9.17) is 0 Å². The van der Waals surface area contributed by atoms with Crippen LogP contribution < -0.4 is 10.6 Å². The van der Waals surface area contributed by atoms with Crippen molar-refractivity contribution in [2.24, 2.45) is 0 Å². The van der Waals surface area contributed by atoms with Gasteiger partial charge in [-0.05, 0) is 47.9 Å². The minimum atomic E-state index is -1.11. The average Bonchev–Trinajstić information content (AvgIpc) is 2.83. The van der Waals surface area contributed by atoms with E-state index in [1.807, 2.05) is 0 Å². The predicted octanol–water partition coefficient (Wildman–Crippen LogP) is 5.66. The second-order valence-corrected chi connectivity index (χ2v) is 8.36. The molecule has 0 aromatic heterocycles. The summed E-state index contributed by atoms with van der Waals surface area (Å²) in [5.41, 5.74) is 0.908. The predicted molar refractivity (Wildman–Crippen MR) is 131 cm³/mol. The van der Waals surface area contributed by atoms with Crippen LogP contribution in [0.3, 0.4) is 0 Å². The molecule has 0 unspecified atom stereocenters. The standard InChI is InChI=1S/C26H19FN2O4S/c27-21-12-1-2-13-22(21)29-23(30)15-34-18-9-5-8-17(14-18)28-25(31)19-10-3-6-16-7-4-11-20(24(16)19)26(32)33/h1-14H,15H2,(H,28,31)(H,29,30)(H,32,33). The number of para-hydroxylation sites is 1. The number of fused-ring (bicyclic) bond motifs is 1. The number of carboxylic acid groups (broad SMARTS) is 1. The van der Waals surface area contributed by atoms with Crippen LogP contribution in [0.2, 0.25) is 0 Å². The number of carboxylic acids is 1. The molecule has 0 heterocycles. The topological polar surface area (TPSA) is 95.5 Å². The van der Waals surface area contributed by atoms with Gasteiger partial charge in [0.2, 0.25) is 5.91 Å². The van der Waals surface area contributed by atoms with Gasteiger partial charge in [0.25, 0.3) is 5.91 Å². The first-order valence-electron chi connectivity index (χ1n) is 10.3. The number of carbonyl (C=O) groups is 3. The van der Waals surface area contributed by atoms with Crippen molar-refractivity contribution >= 4 is 51.7 Å². The monoisotopic (exact) mass is 474 g/mol. The van der Waals surface area contributed by atoms with E-state index < -0.39 is 17.7 Å². The Morgan fingerprint density at radius 3 is 2.26 bits per heavy atom. The van der Waals surface area contributed by atoms with E-state index in [1.165, 1.54) is 30.0 Å². The van der Waals surface area contributed by atoms with Crippen molar-refractivity contribution in [3.8, 4) is 0 Å². The fraction of sp³-hybridized carbons (Fsp3) is 0.0385. The van der Waals surface area contributed by atoms with Crippen LogP contribution in [-0.4, -0.2) is 28.6 Å². The Labute approximate surface area is 198 Å². The molecule has 2 amide bonds. The van der Waals surface area contributed by atoms with Crippen molar-refractivity contribution in [2.75, 3.05) is 16.4 Å². The van der Waals surface area contributed by atoms with Gasteiger partial charge in [0.1, 0.15) is 5.82 Å². The van der Waals surface area contributed by atoms with E-state index >= 15 is 0 Å². The van der Waals surface area contributed by atoms with Crippen LogP contribution in [0.5, 0.6) is 0 Å². The normalized spacial score (nSPS) is 10.6. The van der Waals surface area contributed by atoms with Gasteiger partial charge in [0.05, 0.1) is 17.0 Å². The molecule has 0 saturated carbocycles. The van der Waals surface area contributed by atoms with E-state index in [2.05, 4.69) is 10.6 Å². The molecule has 0 aliphatic carbocycles. The third-order valence-corrected chi connectivity index (χ3v) is 5.98. The summed E-state index contributed by atoms with van der Waals surface area (Å²) in [7, 11) is 0. The number of hydrogen-bond acceptors (Lipinski definition) is 4. The van der Waals surface area contributed by atoms with Gasteiger partial charge in [-0.25, -0.2) is 9.18 Å². The molecule has 0 aliphatic rings. The summed E-state index contributed by atoms with van der Waals surface area (Å²) in [4.78, 5) is 37.6. The number of nitrogens with one attached hydrogen (secondary N) is 2. The Kier molecular flexibility index (Phi) is 6.89. The zero-order valence-corrected chi connectivity index (χ0v) is 18.6. The summed E-state index contributed by atoms with van der Waals surface area (Å²) in [6, 6.07) is 22.7. The van der Waals surface area contributed by atoms with E-state index in [-0.39, 0.29) is 28.5 Å². The zero-order valence-electron chi connectivity index (χ0n) is 17.7. The molecule has 0 radical (unpaired) electrons. The van der Waals surface area contributed by atoms with Gasteiger partial charge in [-0.1, -0.05) is 42.5 Å². The minimum absolute atomic E-state index is 0.0495. The molecule has 0 fully saturated rings. The molecular weight excluding hydrogens is 455 g/mol. The number of benzene rings is 4. The number of amides is 2. The molecule has 34 heavy (non-hydrogen) atoms. The lowest BCUT2D eigenvalue weighted by Crippen LogP contribution is -2.15. The summed E-state index contributed by atoms with van der Waals surface area (Å²) in [5.74, 6) is -2.37. The fourth-order valence-corrected chi connectivity index (χ4v) is 4.22. The van der Waals surface area contributed by atoms with Crippen LogP contribution in [0.15, 0.2) is 89.8 Å². The molecule has 4 aromatic rings. The molecule has 8 heteroatoms. The van der Waals surface area contributed by atoms with Crippen molar-refractivity contribution in [3.63, 3.8) is 0 Å². The SMILES string of the molecule is O=C(CSc1cccc(NC(=O)c2cccc3cccc(C(=O)O)c23)c1)Nc1ccccc1F. The molecule has 170 valence electrons. The van der Waals surface area contributed by atoms with E-state index in [1.54, 1.807) is 66.7 Å². The van der Waals surface area contributed by atoms with Gasteiger partial charge in [-0.3, -0.25) is 9.59 Å². The van der Waals surface area contributed by atoms with Gasteiger partial charge in [0.15, 0.2) is 0 Å². The van der Waals surface area contributed by atoms with Crippen LogP contribution >= 0.6 is 11.8 Å². The third kappa shape index (κ3) is 5.24. The Morgan fingerprint density at radius 2 is 1.53 bits per heavy atom. The molecule has 0 atom stereocenters. The number of hydrogen-bond donors (Lipinski definition) is 3. The first kappa shape index (κ1) is 23.0. The maximum atomic E-state index is 13.7. The van der Waals surface area contributed by atoms with Crippen molar-refractivity contribution in [3.05, 3.63) is 102 Å². The summed E-state index contributed by atoms with van der Waals surface area (Å²) in [6.45, 7) is 0. The van der Waals surface area contributed by atoms with Gasteiger partial charge in [-0.2, -0.15) is 0 Å². The Bertz CT molecular complexity index is 1400. The lowest BCUT2D eigenvalue weighted by atomic mass is 9.98. The fourth-order valence-electron chi connectivity index (χ4n) is 3.47. The van der Waals surface area contributed by atoms with Gasteiger partial charge < -0.3 is 15.7 Å². The van der Waals surface area contributed by atoms with Crippen molar-refractivity contribution in [2.45, 2.75) is 4.90 Å². The number of halogens is 1. The van der Waals surface area contributed by atoms with Gasteiger partial charge >= 0.3 is 5.97 Å². The number of rotatable bonds is 7. The quantitative estimate of drug-likeness (QED) is 0.301. The van der Waals surface area contributed by atoms with E-state index in [0.29, 0.717) is 16.5 Å². The highest BCUT2D eigenvalue weighted by Gasteiger charge is 2.17. The molecule has 0 saturated heterocycles. The Morgan fingerprint density at radius 1 is 0.824 bits per heavy atom. The molecule has 6 nitrogen and oxygen atoms in total. The van der Waals surface area contributed by atoms with Crippen LogP contribution in [0, 0.1) is 5.82 Å². The maximum absolute atomic E-state index is 13.7. The van der Waals surface area contributed by atoms with E-state index in [9.17, 15) is 23.9 Å². The molecule has 3 N–H and O–H groups in total. The molecular formula is C26H19FN2O4S. The van der Waals surface area contributed by atoms with Crippen molar-refractivity contribution in [1.29, 1.82) is 0 Å². The lowest BCUT2D eigenvalue weighted by molar-refractivity contribution is -0.113. The van der Waals surface area contributed by atoms with Crippen LogP contribution in [0.1, 0.15) is 20.7 Å². The minimum Gasteiger partial charge on any atom is -0.478 e. The number of aromatic carboxylic acids is 1. The zero-order chi connectivity index (χ0) is 24.1. The second-order valence-electron chi connectivity index (χ2n) is 7.31. The number of thioether (sulfide) groups is 1. The number of carbonyl (C=O) groups excluding carboxylic acids is 2. The summed E-state index contributed by atoms with van der Waals surface area (Å²) >= 11 is 1.24. The lowest BCUT2D eigenvalue weighted by Gasteiger charge is -2.11. The first-order valence-corrected chi connectivity index (χ1v) is 11.2. The summed E-state index contributed by atoms with van der Waals surface area (Å²) in [6.07, 6.45) is 0. The molecule has 0 aliphatic heterocycles. The van der Waals surface area contributed by atoms with Gasteiger partial charge in [-0.15, -0.1) is 11.8 Å². The highest BCUT2D eigenvalue weighted by atomic mass is 32.2. The van der Waals surface area contributed by atoms with Crippen molar-refractivity contribution in [1.82, 2.24) is 0 Å². The Balaban J connectivity index is 1.47. The van der Waals surface area contributed by atoms with Crippen LogP contribution in [0.25, 0.3) is 10.8 Å². The highest BCUT2D eigenvalue weighted by molar-refractivity contribution is 8.00. The first-order chi connectivity index (χ1) is 16.4. The molecule has 0 bridgehead atoms. The molecule has 4 aromatic carbocycles.